The zero-order valence-corrected chi connectivity index (χ0v) is 11.0. The van der Waals surface area contributed by atoms with E-state index in [0.717, 1.165) is 6.54 Å². The highest BCUT2D eigenvalue weighted by Crippen LogP contribution is 2.19. The highest BCUT2D eigenvalue weighted by atomic mass is 16.5. The first-order chi connectivity index (χ1) is 8.77. The van der Waals surface area contributed by atoms with Gasteiger partial charge in [0.1, 0.15) is 0 Å². The Hall–Kier alpha value is -1.80. The van der Waals surface area contributed by atoms with Crippen LogP contribution in [0.4, 0.5) is 0 Å². The molecule has 18 heavy (non-hydrogen) atoms. The van der Waals surface area contributed by atoms with E-state index in [1.807, 2.05) is 20.2 Å². The van der Waals surface area contributed by atoms with Crippen LogP contribution in [0, 0.1) is 0 Å². The summed E-state index contributed by atoms with van der Waals surface area (Å²) in [6, 6.07) is 14.7. The lowest BCUT2D eigenvalue weighted by Crippen LogP contribution is -2.16. The summed E-state index contributed by atoms with van der Waals surface area (Å²) in [5, 5.41) is 2.51. The molecule has 0 amide bonds. The molecule has 2 rings (SSSR count). The summed E-state index contributed by atoms with van der Waals surface area (Å²) in [5.41, 5.74) is 1.19. The zero-order valence-electron chi connectivity index (χ0n) is 11.0. The third-order valence-corrected chi connectivity index (χ3v) is 2.82. The van der Waals surface area contributed by atoms with E-state index >= 15 is 0 Å². The molecule has 0 aliphatic heterocycles. The van der Waals surface area contributed by atoms with Crippen molar-refractivity contribution in [3.8, 4) is 0 Å². The van der Waals surface area contributed by atoms with Crippen LogP contribution in [0.25, 0.3) is 16.8 Å². The first-order valence-electron chi connectivity index (χ1n) is 6.18. The van der Waals surface area contributed by atoms with Crippen molar-refractivity contribution < 1.29 is 4.74 Å². The molecule has 0 heterocycles. The molecule has 0 aromatic heterocycles. The van der Waals surface area contributed by atoms with Crippen molar-refractivity contribution in [2.45, 2.75) is 0 Å². The van der Waals surface area contributed by atoms with E-state index in [-0.39, 0.29) is 0 Å². The molecule has 0 radical (unpaired) electrons. The summed E-state index contributed by atoms with van der Waals surface area (Å²) in [7, 11) is 4.08. The zero-order chi connectivity index (χ0) is 12.8. The molecule has 2 aromatic carbocycles. The molecule has 0 saturated heterocycles. The number of benzene rings is 2. The number of hydrogen-bond donors (Lipinski definition) is 0. The van der Waals surface area contributed by atoms with Crippen LogP contribution in [0.3, 0.4) is 0 Å². The van der Waals surface area contributed by atoms with Gasteiger partial charge in [0.05, 0.1) is 12.9 Å². The molecule has 0 unspecified atom stereocenters. The summed E-state index contributed by atoms with van der Waals surface area (Å²) in [5.74, 6) is 0. The third-order valence-electron chi connectivity index (χ3n) is 2.82. The van der Waals surface area contributed by atoms with Crippen molar-refractivity contribution >= 4 is 16.8 Å². The number of ether oxygens (including phenoxy) is 1. The van der Waals surface area contributed by atoms with Gasteiger partial charge in [-0.3, -0.25) is 0 Å². The Kier molecular flexibility index (Phi) is 4.37. The lowest BCUT2D eigenvalue weighted by Gasteiger charge is -2.08. The van der Waals surface area contributed by atoms with E-state index in [9.17, 15) is 0 Å². The first kappa shape index (κ1) is 12.7. The fourth-order valence-corrected chi connectivity index (χ4v) is 1.82. The molecule has 0 N–H and O–H groups in total. The molecule has 0 spiro atoms. The standard InChI is InChI=1S/C16H19NO/c1-17(2)11-13-18-12-10-15-8-5-7-14-6-3-4-9-16(14)15/h3-10,12H,11,13H2,1-2H3/b12-10-. The Labute approximate surface area is 108 Å². The van der Waals surface area contributed by atoms with Gasteiger partial charge in [-0.2, -0.15) is 0 Å². The SMILES string of the molecule is CN(C)CCO/C=C\c1cccc2ccccc12. The summed E-state index contributed by atoms with van der Waals surface area (Å²) < 4.78 is 5.48. The van der Waals surface area contributed by atoms with E-state index < -0.39 is 0 Å². The highest BCUT2D eigenvalue weighted by Gasteiger charge is 1.96. The first-order valence-corrected chi connectivity index (χ1v) is 6.18. The van der Waals surface area contributed by atoms with E-state index in [0.29, 0.717) is 6.61 Å². The van der Waals surface area contributed by atoms with Crippen molar-refractivity contribution in [1.29, 1.82) is 0 Å². The van der Waals surface area contributed by atoms with Crippen molar-refractivity contribution in [2.24, 2.45) is 0 Å². The van der Waals surface area contributed by atoms with Crippen LogP contribution >= 0.6 is 0 Å². The molecule has 0 aliphatic rings. The topological polar surface area (TPSA) is 12.5 Å². The third kappa shape index (κ3) is 3.34. The monoisotopic (exact) mass is 241 g/mol. The normalized spacial score (nSPS) is 11.5. The summed E-state index contributed by atoms with van der Waals surface area (Å²) in [6.45, 7) is 1.65. The number of hydrogen-bond acceptors (Lipinski definition) is 2. The Morgan fingerprint density at radius 2 is 1.83 bits per heavy atom. The van der Waals surface area contributed by atoms with Gasteiger partial charge in [-0.05, 0) is 36.5 Å². The maximum Gasteiger partial charge on any atom is 0.0999 e. The van der Waals surface area contributed by atoms with Crippen LogP contribution in [0.5, 0.6) is 0 Å². The van der Waals surface area contributed by atoms with Gasteiger partial charge < -0.3 is 9.64 Å². The number of likely N-dealkylation sites (N-methyl/N-ethyl adjacent to an activating group) is 1. The second-order valence-electron chi connectivity index (χ2n) is 4.55. The molecule has 2 aromatic rings. The van der Waals surface area contributed by atoms with Crippen LogP contribution in [-0.4, -0.2) is 32.1 Å². The van der Waals surface area contributed by atoms with Gasteiger partial charge in [0.15, 0.2) is 0 Å². The van der Waals surface area contributed by atoms with Crippen molar-refractivity contribution in [3.05, 3.63) is 54.3 Å². The van der Waals surface area contributed by atoms with Gasteiger partial charge in [0.25, 0.3) is 0 Å². The average molecular weight is 241 g/mol. The van der Waals surface area contributed by atoms with Gasteiger partial charge >= 0.3 is 0 Å². The second kappa shape index (κ2) is 6.22. The van der Waals surface area contributed by atoms with Gasteiger partial charge in [-0.25, -0.2) is 0 Å². The van der Waals surface area contributed by atoms with Crippen LogP contribution in [0.1, 0.15) is 5.56 Å². The molecular formula is C16H19NO. The van der Waals surface area contributed by atoms with E-state index in [1.165, 1.54) is 16.3 Å². The molecule has 0 atom stereocenters. The highest BCUT2D eigenvalue weighted by molar-refractivity contribution is 5.90. The largest absolute Gasteiger partial charge is 0.500 e. The number of nitrogens with zero attached hydrogens (tertiary/aromatic N) is 1. The fourth-order valence-electron chi connectivity index (χ4n) is 1.82. The van der Waals surface area contributed by atoms with Crippen molar-refractivity contribution in [2.75, 3.05) is 27.2 Å². The molecule has 0 saturated carbocycles. The minimum absolute atomic E-state index is 0.717. The van der Waals surface area contributed by atoms with Gasteiger partial charge in [-0.1, -0.05) is 42.5 Å². The van der Waals surface area contributed by atoms with E-state index in [2.05, 4.69) is 47.4 Å². The summed E-state index contributed by atoms with van der Waals surface area (Å²) in [6.07, 6.45) is 3.81. The maximum atomic E-state index is 5.48. The Balaban J connectivity index is 2.05. The van der Waals surface area contributed by atoms with Crippen LogP contribution in [-0.2, 0) is 4.74 Å². The predicted octanol–water partition coefficient (Wildman–Crippen LogP) is 3.39. The quantitative estimate of drug-likeness (QED) is 0.587. The molecule has 2 heteroatoms. The van der Waals surface area contributed by atoms with Crippen LogP contribution in [0.2, 0.25) is 0 Å². The van der Waals surface area contributed by atoms with Crippen molar-refractivity contribution in [3.63, 3.8) is 0 Å². The lowest BCUT2D eigenvalue weighted by molar-refractivity contribution is 0.214. The molecular weight excluding hydrogens is 222 g/mol. The lowest BCUT2D eigenvalue weighted by atomic mass is 10.1. The number of fused-ring (bicyclic) bond motifs is 1. The van der Waals surface area contributed by atoms with E-state index in [4.69, 9.17) is 4.74 Å². The molecule has 2 nitrogen and oxygen atoms in total. The molecule has 0 bridgehead atoms. The Bertz CT molecular complexity index is 526. The van der Waals surface area contributed by atoms with Crippen molar-refractivity contribution in [1.82, 2.24) is 4.90 Å². The Morgan fingerprint density at radius 1 is 1.06 bits per heavy atom. The van der Waals surface area contributed by atoms with Crippen LogP contribution < -0.4 is 0 Å². The van der Waals surface area contributed by atoms with Gasteiger partial charge in [0, 0.05) is 6.54 Å². The predicted molar refractivity (Wildman–Crippen MR) is 77.5 cm³/mol. The smallest absolute Gasteiger partial charge is 0.0999 e. The average Bonchev–Trinajstić information content (AvgIpc) is 2.38. The second-order valence-corrected chi connectivity index (χ2v) is 4.55. The maximum absolute atomic E-state index is 5.48. The molecule has 0 aliphatic carbocycles. The Morgan fingerprint density at radius 3 is 2.67 bits per heavy atom. The number of rotatable bonds is 5. The minimum Gasteiger partial charge on any atom is -0.500 e. The summed E-state index contributed by atoms with van der Waals surface area (Å²) >= 11 is 0. The summed E-state index contributed by atoms with van der Waals surface area (Å²) in [4.78, 5) is 2.10. The van der Waals surface area contributed by atoms with Gasteiger partial charge in [0.2, 0.25) is 0 Å². The minimum atomic E-state index is 0.717. The molecule has 0 fully saturated rings. The fraction of sp³-hybridized carbons (Fsp3) is 0.250. The van der Waals surface area contributed by atoms with E-state index in [1.54, 1.807) is 6.26 Å². The molecule has 94 valence electrons. The van der Waals surface area contributed by atoms with Crippen LogP contribution in [0.15, 0.2) is 48.7 Å². The van der Waals surface area contributed by atoms with Gasteiger partial charge in [-0.15, -0.1) is 0 Å².